The quantitative estimate of drug-likeness (QED) is 0.701. The summed E-state index contributed by atoms with van der Waals surface area (Å²) in [4.78, 5) is 24.1. The van der Waals surface area contributed by atoms with Gasteiger partial charge in [0, 0.05) is 5.69 Å². The lowest BCUT2D eigenvalue weighted by Gasteiger charge is -2.14. The summed E-state index contributed by atoms with van der Waals surface area (Å²) in [6.07, 6.45) is -3.35. The van der Waals surface area contributed by atoms with Crippen molar-refractivity contribution in [2.24, 2.45) is 0 Å². The van der Waals surface area contributed by atoms with E-state index in [2.05, 4.69) is 10.1 Å². The fourth-order valence-electron chi connectivity index (χ4n) is 2.59. The number of anilines is 1. The number of hydrogen-bond donors (Lipinski definition) is 1. The van der Waals surface area contributed by atoms with Crippen LogP contribution in [0.4, 0.5) is 18.9 Å². The number of rotatable bonds is 7. The average molecular weight is 395 g/mol. The van der Waals surface area contributed by atoms with Gasteiger partial charge in [0.2, 0.25) is 0 Å². The molecule has 0 heterocycles. The summed E-state index contributed by atoms with van der Waals surface area (Å²) in [5, 5.41) is 2.76. The van der Waals surface area contributed by atoms with Gasteiger partial charge >= 0.3 is 12.3 Å². The SMILES string of the molecule is CCc1cccc(CC)c1NC(=O)COC(=O)c1ccc(OC(F)(F)F)cc1. The molecule has 0 atom stereocenters. The summed E-state index contributed by atoms with van der Waals surface area (Å²) in [5.74, 6) is -1.78. The van der Waals surface area contributed by atoms with E-state index in [0.29, 0.717) is 5.69 Å². The zero-order valence-corrected chi connectivity index (χ0v) is 15.4. The van der Waals surface area contributed by atoms with Gasteiger partial charge in [-0.3, -0.25) is 4.79 Å². The van der Waals surface area contributed by atoms with Crippen molar-refractivity contribution >= 4 is 17.6 Å². The van der Waals surface area contributed by atoms with Crippen LogP contribution in [-0.2, 0) is 22.4 Å². The molecule has 0 saturated heterocycles. The van der Waals surface area contributed by atoms with Crippen molar-refractivity contribution in [2.45, 2.75) is 33.1 Å². The van der Waals surface area contributed by atoms with Crippen LogP contribution in [0.1, 0.15) is 35.3 Å². The van der Waals surface area contributed by atoms with E-state index in [-0.39, 0.29) is 5.56 Å². The number of aryl methyl sites for hydroxylation is 2. The fraction of sp³-hybridized carbons (Fsp3) is 0.300. The minimum atomic E-state index is -4.81. The molecular weight excluding hydrogens is 375 g/mol. The van der Waals surface area contributed by atoms with Gasteiger partial charge in [0.05, 0.1) is 5.56 Å². The highest BCUT2D eigenvalue weighted by atomic mass is 19.4. The van der Waals surface area contributed by atoms with Gasteiger partial charge in [-0.05, 0) is 48.2 Å². The number of amides is 1. The number of nitrogens with one attached hydrogen (secondary N) is 1. The number of halogens is 3. The summed E-state index contributed by atoms with van der Waals surface area (Å²) < 4.78 is 45.1. The normalized spacial score (nSPS) is 11.0. The fourth-order valence-corrected chi connectivity index (χ4v) is 2.59. The maximum atomic E-state index is 12.2. The van der Waals surface area contributed by atoms with Crippen LogP contribution in [0.2, 0.25) is 0 Å². The largest absolute Gasteiger partial charge is 0.573 e. The van der Waals surface area contributed by atoms with E-state index in [0.717, 1.165) is 48.2 Å². The van der Waals surface area contributed by atoms with Crippen LogP contribution >= 0.6 is 0 Å². The summed E-state index contributed by atoms with van der Waals surface area (Å²) in [6.45, 7) is 3.42. The molecule has 0 bridgehead atoms. The monoisotopic (exact) mass is 395 g/mol. The Morgan fingerprint density at radius 2 is 1.54 bits per heavy atom. The molecule has 0 radical (unpaired) electrons. The second-order valence-electron chi connectivity index (χ2n) is 5.85. The number of hydrogen-bond acceptors (Lipinski definition) is 4. The predicted molar refractivity (Wildman–Crippen MR) is 97.2 cm³/mol. The van der Waals surface area contributed by atoms with E-state index in [4.69, 9.17) is 4.74 Å². The van der Waals surface area contributed by atoms with Crippen LogP contribution in [0.25, 0.3) is 0 Å². The number of esters is 1. The Kier molecular flexibility index (Phi) is 7.03. The number of alkyl halides is 3. The standard InChI is InChI=1S/C20H20F3NO4/c1-3-13-6-5-7-14(4-2)18(13)24-17(25)12-27-19(26)15-8-10-16(11-9-15)28-20(21,22)23/h5-11H,3-4,12H2,1-2H3,(H,24,25). The minimum Gasteiger partial charge on any atom is -0.452 e. The molecule has 0 unspecified atom stereocenters. The maximum absolute atomic E-state index is 12.2. The first-order valence-electron chi connectivity index (χ1n) is 8.67. The number of carbonyl (C=O) groups excluding carboxylic acids is 2. The Hall–Kier alpha value is -3.03. The lowest BCUT2D eigenvalue weighted by atomic mass is 10.0. The molecule has 28 heavy (non-hydrogen) atoms. The zero-order valence-electron chi connectivity index (χ0n) is 15.4. The molecule has 2 rings (SSSR count). The smallest absolute Gasteiger partial charge is 0.452 e. The van der Waals surface area contributed by atoms with E-state index < -0.39 is 30.6 Å². The van der Waals surface area contributed by atoms with Crippen molar-refractivity contribution in [3.63, 3.8) is 0 Å². The van der Waals surface area contributed by atoms with E-state index in [1.54, 1.807) is 0 Å². The molecule has 150 valence electrons. The van der Waals surface area contributed by atoms with Crippen molar-refractivity contribution in [3.8, 4) is 5.75 Å². The van der Waals surface area contributed by atoms with E-state index >= 15 is 0 Å². The van der Waals surface area contributed by atoms with E-state index in [1.165, 1.54) is 0 Å². The van der Waals surface area contributed by atoms with Crippen molar-refractivity contribution < 1.29 is 32.2 Å². The first kappa shape index (κ1) is 21.3. The highest BCUT2D eigenvalue weighted by Crippen LogP contribution is 2.24. The van der Waals surface area contributed by atoms with Crippen LogP contribution in [0.3, 0.4) is 0 Å². The highest BCUT2D eigenvalue weighted by molar-refractivity contribution is 5.96. The van der Waals surface area contributed by atoms with Gasteiger partial charge < -0.3 is 14.8 Å². The molecule has 8 heteroatoms. The Bertz CT molecular complexity index is 810. The first-order chi connectivity index (χ1) is 13.2. The lowest BCUT2D eigenvalue weighted by Crippen LogP contribution is -2.22. The zero-order chi connectivity index (χ0) is 20.7. The third-order valence-corrected chi connectivity index (χ3v) is 3.92. The van der Waals surface area contributed by atoms with Crippen molar-refractivity contribution in [1.82, 2.24) is 0 Å². The van der Waals surface area contributed by atoms with Crippen LogP contribution in [0.15, 0.2) is 42.5 Å². The number of benzene rings is 2. The molecule has 1 N–H and O–H groups in total. The topological polar surface area (TPSA) is 64.6 Å². The molecule has 2 aromatic rings. The van der Waals surface area contributed by atoms with Gasteiger partial charge in [-0.1, -0.05) is 32.0 Å². The molecule has 0 spiro atoms. The highest BCUT2D eigenvalue weighted by Gasteiger charge is 2.31. The van der Waals surface area contributed by atoms with Gasteiger partial charge in [-0.15, -0.1) is 13.2 Å². The van der Waals surface area contributed by atoms with Gasteiger partial charge in [-0.25, -0.2) is 4.79 Å². The molecule has 0 saturated carbocycles. The Labute approximate surface area is 160 Å². The predicted octanol–water partition coefficient (Wildman–Crippen LogP) is 4.51. The number of carbonyl (C=O) groups is 2. The van der Waals surface area contributed by atoms with Gasteiger partial charge in [0.25, 0.3) is 5.91 Å². The maximum Gasteiger partial charge on any atom is 0.573 e. The van der Waals surface area contributed by atoms with Crippen LogP contribution in [0, 0.1) is 0 Å². The summed E-state index contributed by atoms with van der Waals surface area (Å²) in [7, 11) is 0. The van der Waals surface area contributed by atoms with Crippen LogP contribution in [-0.4, -0.2) is 24.8 Å². The van der Waals surface area contributed by atoms with E-state index in [9.17, 15) is 22.8 Å². The number of para-hydroxylation sites is 1. The first-order valence-corrected chi connectivity index (χ1v) is 8.67. The second-order valence-corrected chi connectivity index (χ2v) is 5.85. The third-order valence-electron chi connectivity index (χ3n) is 3.92. The molecular formula is C20H20F3NO4. The summed E-state index contributed by atoms with van der Waals surface area (Å²) >= 11 is 0. The Morgan fingerprint density at radius 3 is 2.04 bits per heavy atom. The summed E-state index contributed by atoms with van der Waals surface area (Å²) in [6, 6.07) is 9.98. The molecule has 2 aromatic carbocycles. The Balaban J connectivity index is 1.95. The van der Waals surface area contributed by atoms with Gasteiger partial charge in [-0.2, -0.15) is 0 Å². The van der Waals surface area contributed by atoms with Crippen LogP contribution < -0.4 is 10.1 Å². The van der Waals surface area contributed by atoms with Crippen LogP contribution in [0.5, 0.6) is 5.75 Å². The van der Waals surface area contributed by atoms with Gasteiger partial charge in [0.1, 0.15) is 5.75 Å². The second kappa shape index (κ2) is 9.25. The molecule has 0 aliphatic heterocycles. The van der Waals surface area contributed by atoms with Gasteiger partial charge in [0.15, 0.2) is 6.61 Å². The van der Waals surface area contributed by atoms with Crippen molar-refractivity contribution in [2.75, 3.05) is 11.9 Å². The Morgan fingerprint density at radius 1 is 0.964 bits per heavy atom. The molecule has 1 amide bonds. The molecule has 0 aromatic heterocycles. The lowest BCUT2D eigenvalue weighted by molar-refractivity contribution is -0.274. The molecule has 0 fully saturated rings. The third kappa shape index (κ3) is 6.00. The van der Waals surface area contributed by atoms with Crippen molar-refractivity contribution in [1.29, 1.82) is 0 Å². The molecule has 0 aliphatic rings. The minimum absolute atomic E-state index is 0.00512. The molecule has 0 aliphatic carbocycles. The van der Waals surface area contributed by atoms with Crippen molar-refractivity contribution in [3.05, 3.63) is 59.2 Å². The number of ether oxygens (including phenoxy) is 2. The summed E-state index contributed by atoms with van der Waals surface area (Å²) in [5.41, 5.74) is 2.66. The molecule has 5 nitrogen and oxygen atoms in total. The average Bonchev–Trinajstić information content (AvgIpc) is 2.65. The van der Waals surface area contributed by atoms with E-state index in [1.807, 2.05) is 32.0 Å².